The summed E-state index contributed by atoms with van der Waals surface area (Å²) >= 11 is 0. The molecule has 0 amide bonds. The van der Waals surface area contributed by atoms with Gasteiger partial charge in [0.2, 0.25) is 0 Å². The average Bonchev–Trinajstić information content (AvgIpc) is 3.39. The van der Waals surface area contributed by atoms with Gasteiger partial charge in [-0.25, -0.2) is 9.59 Å². The number of hydrogen-bond donors (Lipinski definition) is 0. The number of nitrogens with zero attached hydrogens (tertiary/aromatic N) is 2. The molecular weight excluding hydrogens is 837 g/mol. The minimum Gasteiger partial charge on any atom is -0.422 e. The van der Waals surface area contributed by atoms with E-state index in [9.17, 15) is 9.59 Å². The van der Waals surface area contributed by atoms with Crippen molar-refractivity contribution in [1.82, 2.24) is 0 Å². The molecule has 0 saturated carbocycles. The van der Waals surface area contributed by atoms with Crippen molar-refractivity contribution >= 4 is 77.6 Å². The second kappa shape index (κ2) is 16.9. The summed E-state index contributed by atoms with van der Waals surface area (Å²) in [6.45, 7) is 0. The van der Waals surface area contributed by atoms with E-state index in [0.29, 0.717) is 22.3 Å². The zero-order chi connectivity index (χ0) is 45.6. The van der Waals surface area contributed by atoms with Gasteiger partial charge in [0.1, 0.15) is 11.2 Å². The zero-order valence-electron chi connectivity index (χ0n) is 36.6. The Labute approximate surface area is 391 Å². The number of benzene rings is 10. The molecule has 0 unspecified atom stereocenters. The largest absolute Gasteiger partial charge is 0.422 e. The number of hydrogen-bond acceptors (Lipinski definition) is 6. The predicted molar refractivity (Wildman–Crippen MR) is 279 cm³/mol. The van der Waals surface area contributed by atoms with E-state index in [1.54, 1.807) is 0 Å². The van der Waals surface area contributed by atoms with Crippen LogP contribution in [0.2, 0.25) is 0 Å². The number of para-hydroxylation sites is 2. The Morgan fingerprint density at radius 1 is 0.265 bits per heavy atom. The Morgan fingerprint density at radius 2 is 0.632 bits per heavy atom. The maximum absolute atomic E-state index is 13.5. The Bertz CT molecular complexity index is 3700. The van der Waals surface area contributed by atoms with Crippen LogP contribution in [0.5, 0.6) is 0 Å². The van der Waals surface area contributed by atoms with Crippen LogP contribution in [0.25, 0.3) is 76.9 Å². The van der Waals surface area contributed by atoms with Gasteiger partial charge in [0.05, 0.1) is 11.1 Å². The second-order valence-electron chi connectivity index (χ2n) is 16.8. The first-order valence-corrected chi connectivity index (χ1v) is 22.6. The van der Waals surface area contributed by atoms with Crippen LogP contribution in [0.3, 0.4) is 0 Å². The number of anilines is 6. The predicted octanol–water partition coefficient (Wildman–Crippen LogP) is 16.1. The SMILES string of the molecule is O=c1oc2ccc3ccccc3c2cc1-c1cccc(N(c2ccccc2)c2ccc(-c3ccc(N(c4ccccc4)c4cccc(-c5cc6c(ccc7ccccc76)oc5=O)c4)cc3)cc2)c1. The molecule has 0 saturated heterocycles. The molecule has 0 spiro atoms. The lowest BCUT2D eigenvalue weighted by atomic mass is 10.0. The van der Waals surface area contributed by atoms with Crippen molar-refractivity contribution in [3.63, 3.8) is 0 Å². The highest BCUT2D eigenvalue weighted by Crippen LogP contribution is 2.40. The summed E-state index contributed by atoms with van der Waals surface area (Å²) in [4.78, 5) is 31.4. The molecule has 2 aromatic heterocycles. The molecular formula is C62H40N2O4. The standard InChI is InChI=1S/C62H40N2O4/c65-61-55(39-57-53-23-9-7-13-43(53)29-35-59(57)67-61)45-15-11-21-51(37-45)63(47-17-3-1-4-18-47)49-31-25-41(26-32-49)42-27-33-50(34-28-42)64(48-19-5-2-6-20-48)52-22-12-16-46(38-52)56-40-58-54-24-10-8-14-44(54)30-36-60(58)68-62(56)66/h1-40H. The van der Waals surface area contributed by atoms with E-state index in [0.717, 1.165) is 88.7 Å². The Balaban J connectivity index is 0.872. The van der Waals surface area contributed by atoms with E-state index in [1.807, 2.05) is 121 Å². The summed E-state index contributed by atoms with van der Waals surface area (Å²) in [5.41, 5.74) is 10.8. The third kappa shape index (κ3) is 7.36. The third-order valence-electron chi connectivity index (χ3n) is 12.7. The monoisotopic (exact) mass is 876 g/mol. The van der Waals surface area contributed by atoms with Crippen molar-refractivity contribution in [2.45, 2.75) is 0 Å². The summed E-state index contributed by atoms with van der Waals surface area (Å²) < 4.78 is 11.8. The summed E-state index contributed by atoms with van der Waals surface area (Å²) in [6, 6.07) is 81.6. The molecule has 12 rings (SSSR count). The lowest BCUT2D eigenvalue weighted by Gasteiger charge is -2.26. The number of fused-ring (bicyclic) bond motifs is 6. The van der Waals surface area contributed by atoms with E-state index in [2.05, 4.69) is 131 Å². The van der Waals surface area contributed by atoms with Gasteiger partial charge in [0.15, 0.2) is 0 Å². The van der Waals surface area contributed by atoms with Crippen molar-refractivity contribution in [3.05, 3.63) is 263 Å². The molecule has 6 heteroatoms. The molecule has 0 fully saturated rings. The number of rotatable bonds is 9. The van der Waals surface area contributed by atoms with E-state index in [-0.39, 0.29) is 11.3 Å². The molecule has 10 aromatic carbocycles. The van der Waals surface area contributed by atoms with Gasteiger partial charge in [-0.15, -0.1) is 0 Å². The zero-order valence-corrected chi connectivity index (χ0v) is 36.6. The molecule has 0 aliphatic rings. The molecule has 2 heterocycles. The molecule has 0 aliphatic carbocycles. The molecule has 0 bridgehead atoms. The van der Waals surface area contributed by atoms with Crippen LogP contribution in [-0.2, 0) is 0 Å². The lowest BCUT2D eigenvalue weighted by molar-refractivity contribution is 0.563. The fraction of sp³-hybridized carbons (Fsp3) is 0. The van der Waals surface area contributed by atoms with Crippen LogP contribution < -0.4 is 21.1 Å². The fourth-order valence-electron chi connectivity index (χ4n) is 9.43. The van der Waals surface area contributed by atoms with Gasteiger partial charge in [0, 0.05) is 44.9 Å². The van der Waals surface area contributed by atoms with Crippen LogP contribution in [0.15, 0.2) is 261 Å². The van der Waals surface area contributed by atoms with Crippen LogP contribution in [-0.4, -0.2) is 0 Å². The Kier molecular flexibility index (Phi) is 10.0. The van der Waals surface area contributed by atoms with Crippen molar-refractivity contribution in [3.8, 4) is 33.4 Å². The van der Waals surface area contributed by atoms with Crippen LogP contribution >= 0.6 is 0 Å². The highest BCUT2D eigenvalue weighted by Gasteiger charge is 2.19. The lowest BCUT2D eigenvalue weighted by Crippen LogP contribution is -2.10. The molecule has 0 radical (unpaired) electrons. The first-order chi connectivity index (χ1) is 33.5. The Hall–Kier alpha value is -9.26. The molecule has 0 atom stereocenters. The molecule has 12 aromatic rings. The van der Waals surface area contributed by atoms with E-state index >= 15 is 0 Å². The maximum Gasteiger partial charge on any atom is 0.344 e. The Morgan fingerprint density at radius 3 is 1.06 bits per heavy atom. The van der Waals surface area contributed by atoms with E-state index in [1.165, 1.54) is 0 Å². The highest BCUT2D eigenvalue weighted by atomic mass is 16.4. The smallest absolute Gasteiger partial charge is 0.344 e. The fourth-order valence-corrected chi connectivity index (χ4v) is 9.43. The average molecular weight is 877 g/mol. The van der Waals surface area contributed by atoms with Crippen molar-refractivity contribution < 1.29 is 8.83 Å². The van der Waals surface area contributed by atoms with Crippen molar-refractivity contribution in [1.29, 1.82) is 0 Å². The quantitative estimate of drug-likeness (QED) is 0.106. The van der Waals surface area contributed by atoms with Gasteiger partial charge < -0.3 is 18.6 Å². The van der Waals surface area contributed by atoms with Gasteiger partial charge in [-0.05, 0) is 141 Å². The summed E-state index contributed by atoms with van der Waals surface area (Å²) in [7, 11) is 0. The van der Waals surface area contributed by atoms with Crippen molar-refractivity contribution in [2.24, 2.45) is 0 Å². The van der Waals surface area contributed by atoms with Gasteiger partial charge >= 0.3 is 11.3 Å². The van der Waals surface area contributed by atoms with Gasteiger partial charge in [0.25, 0.3) is 0 Å². The van der Waals surface area contributed by atoms with Gasteiger partial charge in [-0.3, -0.25) is 0 Å². The second-order valence-corrected chi connectivity index (χ2v) is 16.8. The molecule has 6 nitrogen and oxygen atoms in total. The maximum atomic E-state index is 13.5. The highest BCUT2D eigenvalue weighted by molar-refractivity contribution is 6.07. The van der Waals surface area contributed by atoms with Crippen molar-refractivity contribution in [2.75, 3.05) is 9.80 Å². The van der Waals surface area contributed by atoms with Gasteiger partial charge in [-0.2, -0.15) is 0 Å². The first kappa shape index (κ1) is 40.3. The molecule has 322 valence electrons. The van der Waals surface area contributed by atoms with Gasteiger partial charge in [-0.1, -0.05) is 146 Å². The molecule has 68 heavy (non-hydrogen) atoms. The normalized spacial score (nSPS) is 11.4. The van der Waals surface area contributed by atoms with E-state index in [4.69, 9.17) is 8.83 Å². The summed E-state index contributed by atoms with van der Waals surface area (Å²) in [5, 5.41) is 6.04. The minimum atomic E-state index is -0.379. The van der Waals surface area contributed by atoms with Crippen LogP contribution in [0, 0.1) is 0 Å². The molecule has 0 aliphatic heterocycles. The third-order valence-corrected chi connectivity index (χ3v) is 12.7. The minimum absolute atomic E-state index is 0.379. The van der Waals surface area contributed by atoms with Crippen LogP contribution in [0.4, 0.5) is 34.1 Å². The topological polar surface area (TPSA) is 66.9 Å². The van der Waals surface area contributed by atoms with Crippen LogP contribution in [0.1, 0.15) is 0 Å². The summed E-state index contributed by atoms with van der Waals surface area (Å²) in [5.74, 6) is 0. The summed E-state index contributed by atoms with van der Waals surface area (Å²) in [6.07, 6.45) is 0. The first-order valence-electron chi connectivity index (χ1n) is 22.6. The molecule has 0 N–H and O–H groups in total. The van der Waals surface area contributed by atoms with E-state index < -0.39 is 0 Å².